The molecule has 0 spiro atoms. The van der Waals surface area contributed by atoms with Crippen LogP contribution in [0.3, 0.4) is 0 Å². The Morgan fingerprint density at radius 2 is 2.00 bits per heavy atom. The van der Waals surface area contributed by atoms with Crippen LogP contribution in [0.25, 0.3) is 0 Å². The number of nitrogens with one attached hydrogen (secondary N) is 1. The molecular formula is C11H17N3O2. The van der Waals surface area contributed by atoms with E-state index in [2.05, 4.69) is 19.2 Å². The lowest BCUT2D eigenvalue weighted by atomic mass is 10.1. The van der Waals surface area contributed by atoms with Gasteiger partial charge in [-0.3, -0.25) is 10.1 Å². The summed E-state index contributed by atoms with van der Waals surface area (Å²) in [4.78, 5) is 10.2. The monoisotopic (exact) mass is 223 g/mol. The highest BCUT2D eigenvalue weighted by Crippen LogP contribution is 2.23. The molecule has 16 heavy (non-hydrogen) atoms. The lowest BCUT2D eigenvalue weighted by molar-refractivity contribution is -0.384. The Morgan fingerprint density at radius 3 is 2.50 bits per heavy atom. The smallest absolute Gasteiger partial charge is 0.273 e. The minimum absolute atomic E-state index is 0.0217. The van der Waals surface area contributed by atoms with E-state index in [1.807, 2.05) is 0 Å². The Morgan fingerprint density at radius 1 is 1.38 bits per heavy atom. The van der Waals surface area contributed by atoms with Crippen molar-refractivity contribution in [1.29, 1.82) is 0 Å². The fraction of sp³-hybridized carbons (Fsp3) is 0.455. The number of nitrogens with two attached hydrogens (primary N) is 1. The van der Waals surface area contributed by atoms with Gasteiger partial charge in [-0.25, -0.2) is 0 Å². The van der Waals surface area contributed by atoms with Gasteiger partial charge in [0.25, 0.3) is 5.69 Å². The zero-order valence-corrected chi connectivity index (χ0v) is 9.56. The van der Waals surface area contributed by atoms with E-state index < -0.39 is 4.92 Å². The summed E-state index contributed by atoms with van der Waals surface area (Å²) in [6.45, 7) is 4.14. The Hall–Kier alpha value is -1.78. The molecule has 3 N–H and O–H groups in total. The molecule has 5 heteroatoms. The van der Waals surface area contributed by atoms with Crippen molar-refractivity contribution < 1.29 is 4.92 Å². The van der Waals surface area contributed by atoms with Crippen molar-refractivity contribution >= 4 is 17.1 Å². The quantitative estimate of drug-likeness (QED) is 0.457. The van der Waals surface area contributed by atoms with E-state index >= 15 is 0 Å². The van der Waals surface area contributed by atoms with Crippen molar-refractivity contribution in [3.8, 4) is 0 Å². The van der Waals surface area contributed by atoms with Gasteiger partial charge in [-0.15, -0.1) is 0 Å². The average Bonchev–Trinajstić information content (AvgIpc) is 2.25. The topological polar surface area (TPSA) is 81.2 Å². The second-order valence-electron chi connectivity index (χ2n) is 3.73. The van der Waals surface area contributed by atoms with Gasteiger partial charge < -0.3 is 11.1 Å². The van der Waals surface area contributed by atoms with E-state index in [1.165, 1.54) is 12.1 Å². The molecule has 0 amide bonds. The Bertz CT molecular complexity index is 375. The highest BCUT2D eigenvalue weighted by atomic mass is 16.6. The van der Waals surface area contributed by atoms with Gasteiger partial charge in [0.2, 0.25) is 0 Å². The number of rotatable bonds is 5. The van der Waals surface area contributed by atoms with Gasteiger partial charge in [-0.2, -0.15) is 0 Å². The van der Waals surface area contributed by atoms with E-state index in [9.17, 15) is 10.1 Å². The molecule has 1 aromatic rings. The molecule has 0 aromatic heterocycles. The Labute approximate surface area is 94.8 Å². The first-order valence-electron chi connectivity index (χ1n) is 5.38. The summed E-state index contributed by atoms with van der Waals surface area (Å²) >= 11 is 0. The van der Waals surface area contributed by atoms with E-state index in [4.69, 9.17) is 5.73 Å². The number of nitro groups is 1. The number of nitro benzene ring substituents is 1. The molecule has 0 radical (unpaired) electrons. The fourth-order valence-corrected chi connectivity index (χ4v) is 1.55. The minimum Gasteiger partial charge on any atom is -0.398 e. The zero-order valence-electron chi connectivity index (χ0n) is 9.56. The molecule has 0 unspecified atom stereocenters. The number of hydrogen-bond acceptors (Lipinski definition) is 4. The first kappa shape index (κ1) is 12.3. The number of non-ortho nitro benzene ring substituents is 1. The van der Waals surface area contributed by atoms with Crippen LogP contribution >= 0.6 is 0 Å². The summed E-state index contributed by atoms with van der Waals surface area (Å²) < 4.78 is 0. The molecule has 0 bridgehead atoms. The van der Waals surface area contributed by atoms with Crippen LogP contribution in [0, 0.1) is 10.1 Å². The van der Waals surface area contributed by atoms with Gasteiger partial charge in [0.15, 0.2) is 0 Å². The lowest BCUT2D eigenvalue weighted by Crippen LogP contribution is -2.17. The Kier molecular flexibility index (Phi) is 4.10. The maximum Gasteiger partial charge on any atom is 0.273 e. The molecule has 0 aliphatic carbocycles. The minimum atomic E-state index is -0.436. The SMILES string of the molecule is CCC(CC)Nc1cc(N)cc([N+](=O)[O-])c1. The van der Waals surface area contributed by atoms with E-state index in [0.29, 0.717) is 17.4 Å². The second-order valence-corrected chi connectivity index (χ2v) is 3.73. The fourth-order valence-electron chi connectivity index (χ4n) is 1.55. The molecule has 0 heterocycles. The van der Waals surface area contributed by atoms with E-state index in [0.717, 1.165) is 12.8 Å². The van der Waals surface area contributed by atoms with Crippen LogP contribution in [0.15, 0.2) is 18.2 Å². The van der Waals surface area contributed by atoms with Crippen LogP contribution in [0.2, 0.25) is 0 Å². The molecule has 0 aliphatic heterocycles. The van der Waals surface area contributed by atoms with E-state index in [-0.39, 0.29) is 5.69 Å². The van der Waals surface area contributed by atoms with Crippen LogP contribution in [0.5, 0.6) is 0 Å². The first-order chi connectivity index (χ1) is 7.56. The third-order valence-electron chi connectivity index (χ3n) is 2.51. The molecule has 0 atom stereocenters. The van der Waals surface area contributed by atoms with Gasteiger partial charge in [0, 0.05) is 29.5 Å². The van der Waals surface area contributed by atoms with Crippen molar-refractivity contribution in [1.82, 2.24) is 0 Å². The third kappa shape index (κ3) is 3.12. The number of anilines is 2. The summed E-state index contributed by atoms with van der Waals surface area (Å²) in [5.41, 5.74) is 6.75. The van der Waals surface area contributed by atoms with Crippen LogP contribution < -0.4 is 11.1 Å². The maximum absolute atomic E-state index is 10.7. The molecule has 0 saturated heterocycles. The largest absolute Gasteiger partial charge is 0.398 e. The van der Waals surface area contributed by atoms with Gasteiger partial charge in [-0.05, 0) is 18.9 Å². The van der Waals surface area contributed by atoms with E-state index in [1.54, 1.807) is 6.07 Å². The van der Waals surface area contributed by atoms with Crippen LogP contribution in [0.4, 0.5) is 17.1 Å². The molecule has 0 saturated carbocycles. The number of nitrogens with zero attached hydrogens (tertiary/aromatic N) is 1. The molecular weight excluding hydrogens is 206 g/mol. The normalized spacial score (nSPS) is 10.4. The third-order valence-corrected chi connectivity index (χ3v) is 2.51. The molecule has 88 valence electrons. The number of benzene rings is 1. The summed E-state index contributed by atoms with van der Waals surface area (Å²) in [5.74, 6) is 0. The predicted molar refractivity (Wildman–Crippen MR) is 65.5 cm³/mol. The molecule has 0 aliphatic rings. The average molecular weight is 223 g/mol. The standard InChI is InChI=1S/C11H17N3O2/c1-3-9(4-2)13-10-5-8(12)6-11(7-10)14(15)16/h5-7,9,13H,3-4,12H2,1-2H3. The van der Waals surface area contributed by atoms with Crippen molar-refractivity contribution in [3.05, 3.63) is 28.3 Å². The van der Waals surface area contributed by atoms with Gasteiger partial charge in [-0.1, -0.05) is 13.8 Å². The van der Waals surface area contributed by atoms with Gasteiger partial charge in [0.05, 0.1) is 4.92 Å². The molecule has 0 fully saturated rings. The summed E-state index contributed by atoms with van der Waals surface area (Å²) in [6.07, 6.45) is 1.94. The highest BCUT2D eigenvalue weighted by Gasteiger charge is 2.10. The summed E-state index contributed by atoms with van der Waals surface area (Å²) in [5, 5.41) is 13.9. The molecule has 1 rings (SSSR count). The van der Waals surface area contributed by atoms with Gasteiger partial charge in [0.1, 0.15) is 0 Å². The van der Waals surface area contributed by atoms with Crippen molar-refractivity contribution in [2.24, 2.45) is 0 Å². The van der Waals surface area contributed by atoms with Gasteiger partial charge >= 0.3 is 0 Å². The van der Waals surface area contributed by atoms with Crippen LogP contribution in [-0.2, 0) is 0 Å². The van der Waals surface area contributed by atoms with Crippen molar-refractivity contribution in [2.75, 3.05) is 11.1 Å². The zero-order chi connectivity index (χ0) is 12.1. The summed E-state index contributed by atoms with van der Waals surface area (Å²) in [6, 6.07) is 4.90. The Balaban J connectivity index is 2.91. The predicted octanol–water partition coefficient (Wildman–Crippen LogP) is 2.78. The van der Waals surface area contributed by atoms with Crippen LogP contribution in [-0.4, -0.2) is 11.0 Å². The van der Waals surface area contributed by atoms with Crippen molar-refractivity contribution in [2.45, 2.75) is 32.7 Å². The highest BCUT2D eigenvalue weighted by molar-refractivity contribution is 5.61. The molecule has 1 aromatic carbocycles. The summed E-state index contributed by atoms with van der Waals surface area (Å²) in [7, 11) is 0. The first-order valence-corrected chi connectivity index (χ1v) is 5.38. The van der Waals surface area contributed by atoms with Crippen molar-refractivity contribution in [3.63, 3.8) is 0 Å². The van der Waals surface area contributed by atoms with Crippen LogP contribution in [0.1, 0.15) is 26.7 Å². The molecule has 5 nitrogen and oxygen atoms in total. The maximum atomic E-state index is 10.7. The second kappa shape index (κ2) is 5.34. The number of nitrogen functional groups attached to an aromatic ring is 1. The lowest BCUT2D eigenvalue weighted by Gasteiger charge is -2.16. The number of hydrogen-bond donors (Lipinski definition) is 2.